The van der Waals surface area contributed by atoms with E-state index in [0.717, 1.165) is 38.1 Å². The zero-order valence-corrected chi connectivity index (χ0v) is 11.7. The second kappa shape index (κ2) is 6.87. The lowest BCUT2D eigenvalue weighted by Gasteiger charge is -2.31. The van der Waals surface area contributed by atoms with Gasteiger partial charge in [-0.25, -0.2) is 4.39 Å². The van der Waals surface area contributed by atoms with E-state index in [9.17, 15) is 4.39 Å². The minimum Gasteiger partial charge on any atom is -0.497 e. The van der Waals surface area contributed by atoms with Crippen molar-refractivity contribution < 1.29 is 13.9 Å². The topological polar surface area (TPSA) is 21.7 Å². The van der Waals surface area contributed by atoms with Gasteiger partial charge in [0.05, 0.1) is 13.2 Å². The van der Waals surface area contributed by atoms with E-state index in [2.05, 4.69) is 4.90 Å². The molecule has 0 radical (unpaired) electrons. The number of likely N-dealkylation sites (tertiary alicyclic amines) is 1. The van der Waals surface area contributed by atoms with Gasteiger partial charge in [0.1, 0.15) is 11.6 Å². The van der Waals surface area contributed by atoms with Crippen LogP contribution < -0.4 is 4.74 Å². The lowest BCUT2D eigenvalue weighted by molar-refractivity contribution is 0.0123. The molecule has 2 rings (SSSR count). The largest absolute Gasteiger partial charge is 0.497 e. The predicted octanol–water partition coefficient (Wildman–Crippen LogP) is 2.84. The Kier molecular flexibility index (Phi) is 5.16. The molecule has 0 aliphatic carbocycles. The highest BCUT2D eigenvalue weighted by Gasteiger charge is 2.20. The first-order valence-electron chi connectivity index (χ1n) is 6.89. The molecule has 1 aliphatic rings. The molecule has 106 valence electrons. The van der Waals surface area contributed by atoms with E-state index in [0.29, 0.717) is 18.4 Å². The van der Waals surface area contributed by atoms with Crippen molar-refractivity contribution in [1.29, 1.82) is 0 Å². The number of hydrogen-bond acceptors (Lipinski definition) is 3. The summed E-state index contributed by atoms with van der Waals surface area (Å²) >= 11 is 0. The zero-order chi connectivity index (χ0) is 13.7. The van der Waals surface area contributed by atoms with Gasteiger partial charge in [-0.3, -0.25) is 4.90 Å². The average molecular weight is 267 g/mol. The monoisotopic (exact) mass is 267 g/mol. The Balaban J connectivity index is 1.88. The summed E-state index contributed by atoms with van der Waals surface area (Å²) in [6, 6.07) is 5.07. The molecule has 0 aromatic heterocycles. The van der Waals surface area contributed by atoms with Crippen LogP contribution >= 0.6 is 0 Å². The minimum absolute atomic E-state index is 0.189. The first-order valence-corrected chi connectivity index (χ1v) is 6.89. The van der Waals surface area contributed by atoms with Crippen molar-refractivity contribution in [2.24, 2.45) is 0 Å². The van der Waals surface area contributed by atoms with Crippen molar-refractivity contribution in [2.45, 2.75) is 32.4 Å². The van der Waals surface area contributed by atoms with Gasteiger partial charge in [0, 0.05) is 37.9 Å². The van der Waals surface area contributed by atoms with E-state index >= 15 is 0 Å². The third-order valence-corrected chi connectivity index (χ3v) is 3.59. The van der Waals surface area contributed by atoms with Gasteiger partial charge >= 0.3 is 0 Å². The number of methoxy groups -OCH3 is 1. The van der Waals surface area contributed by atoms with E-state index in [1.807, 2.05) is 19.1 Å². The van der Waals surface area contributed by atoms with Crippen LogP contribution in [0.5, 0.6) is 5.75 Å². The highest BCUT2D eigenvalue weighted by Crippen LogP contribution is 2.20. The van der Waals surface area contributed by atoms with Gasteiger partial charge in [-0.2, -0.15) is 0 Å². The Hall–Kier alpha value is -1.13. The van der Waals surface area contributed by atoms with Crippen LogP contribution in [0.2, 0.25) is 0 Å². The molecule has 19 heavy (non-hydrogen) atoms. The first kappa shape index (κ1) is 14.3. The van der Waals surface area contributed by atoms with Gasteiger partial charge < -0.3 is 9.47 Å². The quantitative estimate of drug-likeness (QED) is 0.819. The number of rotatable bonds is 5. The molecule has 0 spiro atoms. The number of hydrogen-bond donors (Lipinski definition) is 0. The van der Waals surface area contributed by atoms with Gasteiger partial charge in [-0.05, 0) is 25.8 Å². The first-order chi connectivity index (χ1) is 9.22. The fourth-order valence-electron chi connectivity index (χ4n) is 2.49. The van der Waals surface area contributed by atoms with Crippen LogP contribution in [0, 0.1) is 5.82 Å². The molecule has 1 heterocycles. The number of halogens is 1. The normalized spacial score (nSPS) is 17.6. The lowest BCUT2D eigenvalue weighted by atomic mass is 10.1. The Labute approximate surface area is 114 Å². The molecule has 1 saturated heterocycles. The summed E-state index contributed by atoms with van der Waals surface area (Å²) in [4.78, 5) is 2.28. The summed E-state index contributed by atoms with van der Waals surface area (Å²) < 4.78 is 24.5. The van der Waals surface area contributed by atoms with E-state index in [1.165, 1.54) is 6.07 Å². The van der Waals surface area contributed by atoms with Crippen molar-refractivity contribution in [1.82, 2.24) is 4.90 Å². The minimum atomic E-state index is -0.189. The van der Waals surface area contributed by atoms with Gasteiger partial charge in [0.25, 0.3) is 0 Å². The van der Waals surface area contributed by atoms with Crippen LogP contribution in [0.1, 0.15) is 25.3 Å². The molecule has 3 nitrogen and oxygen atoms in total. The predicted molar refractivity (Wildman–Crippen MR) is 72.9 cm³/mol. The van der Waals surface area contributed by atoms with Crippen molar-refractivity contribution in [3.05, 3.63) is 29.6 Å². The average Bonchev–Trinajstić information content (AvgIpc) is 2.43. The highest BCUT2D eigenvalue weighted by molar-refractivity contribution is 5.28. The summed E-state index contributed by atoms with van der Waals surface area (Å²) in [5.41, 5.74) is 0.732. The Bertz CT molecular complexity index is 403. The molecular formula is C15H22FNO2. The molecule has 0 bridgehead atoms. The highest BCUT2D eigenvalue weighted by atomic mass is 19.1. The maximum absolute atomic E-state index is 13.9. The molecule has 1 fully saturated rings. The summed E-state index contributed by atoms with van der Waals surface area (Å²) in [6.07, 6.45) is 2.44. The van der Waals surface area contributed by atoms with E-state index in [-0.39, 0.29) is 5.82 Å². The van der Waals surface area contributed by atoms with Crippen LogP contribution in [0.25, 0.3) is 0 Å². The molecule has 0 amide bonds. The number of piperidine rings is 1. The summed E-state index contributed by atoms with van der Waals surface area (Å²) in [6.45, 7) is 5.40. The van der Waals surface area contributed by atoms with Crippen molar-refractivity contribution >= 4 is 0 Å². The fourth-order valence-corrected chi connectivity index (χ4v) is 2.49. The third kappa shape index (κ3) is 3.91. The van der Waals surface area contributed by atoms with Gasteiger partial charge in [-0.1, -0.05) is 6.07 Å². The molecular weight excluding hydrogens is 245 g/mol. The number of ether oxygens (including phenoxy) is 2. The molecule has 4 heteroatoms. The lowest BCUT2D eigenvalue weighted by Crippen LogP contribution is -2.36. The summed E-state index contributed by atoms with van der Waals surface area (Å²) in [7, 11) is 1.55. The summed E-state index contributed by atoms with van der Waals surface area (Å²) in [5, 5.41) is 0. The van der Waals surface area contributed by atoms with Crippen LogP contribution in [0.3, 0.4) is 0 Å². The molecule has 1 aromatic carbocycles. The molecule has 0 unspecified atom stereocenters. The van der Waals surface area contributed by atoms with Crippen LogP contribution in [-0.2, 0) is 11.3 Å². The van der Waals surface area contributed by atoms with Crippen molar-refractivity contribution in [3.8, 4) is 5.75 Å². The van der Waals surface area contributed by atoms with Gasteiger partial charge in [0.15, 0.2) is 0 Å². The Morgan fingerprint density at radius 3 is 2.63 bits per heavy atom. The molecule has 0 N–H and O–H groups in total. The standard InChI is InChI=1S/C15H22FNO2/c1-3-19-13-6-8-17(9-7-13)11-12-4-5-14(18-2)10-15(12)16/h4-5,10,13H,3,6-9,11H2,1-2H3. The van der Waals surface area contributed by atoms with Crippen LogP contribution in [0.4, 0.5) is 4.39 Å². The molecule has 0 saturated carbocycles. The SMILES string of the molecule is CCOC1CCN(Cc2ccc(OC)cc2F)CC1. The fraction of sp³-hybridized carbons (Fsp3) is 0.600. The van der Waals surface area contributed by atoms with E-state index < -0.39 is 0 Å². The number of nitrogens with zero attached hydrogens (tertiary/aromatic N) is 1. The van der Waals surface area contributed by atoms with E-state index in [1.54, 1.807) is 7.11 Å². The Morgan fingerprint density at radius 2 is 2.05 bits per heavy atom. The van der Waals surface area contributed by atoms with Crippen molar-refractivity contribution in [2.75, 3.05) is 26.8 Å². The maximum Gasteiger partial charge on any atom is 0.131 e. The van der Waals surface area contributed by atoms with Gasteiger partial charge in [-0.15, -0.1) is 0 Å². The van der Waals surface area contributed by atoms with Crippen molar-refractivity contribution in [3.63, 3.8) is 0 Å². The maximum atomic E-state index is 13.9. The zero-order valence-electron chi connectivity index (χ0n) is 11.7. The van der Waals surface area contributed by atoms with E-state index in [4.69, 9.17) is 9.47 Å². The Morgan fingerprint density at radius 1 is 1.32 bits per heavy atom. The smallest absolute Gasteiger partial charge is 0.131 e. The number of benzene rings is 1. The third-order valence-electron chi connectivity index (χ3n) is 3.59. The summed E-state index contributed by atoms with van der Waals surface area (Å²) in [5.74, 6) is 0.377. The van der Waals surface area contributed by atoms with Crippen LogP contribution in [-0.4, -0.2) is 37.8 Å². The van der Waals surface area contributed by atoms with Crippen LogP contribution in [0.15, 0.2) is 18.2 Å². The second-order valence-corrected chi connectivity index (χ2v) is 4.89. The molecule has 0 atom stereocenters. The molecule has 1 aromatic rings. The molecule has 1 aliphatic heterocycles. The van der Waals surface area contributed by atoms with Gasteiger partial charge in [0.2, 0.25) is 0 Å². The second-order valence-electron chi connectivity index (χ2n) is 4.89.